The molecule has 1 aromatic rings. The normalized spacial score (nSPS) is 30.8. The Labute approximate surface area is 312 Å². The van der Waals surface area contributed by atoms with Crippen molar-refractivity contribution in [2.75, 3.05) is 13.3 Å². The molecule has 1 aromatic heterocycles. The van der Waals surface area contributed by atoms with E-state index in [1.165, 1.54) is 36.9 Å². The molecule has 2 fully saturated rings. The lowest BCUT2D eigenvalue weighted by Gasteiger charge is -2.34. The van der Waals surface area contributed by atoms with Crippen LogP contribution < -0.4 is 5.32 Å². The summed E-state index contributed by atoms with van der Waals surface area (Å²) in [6, 6.07) is -0.652. The van der Waals surface area contributed by atoms with E-state index in [4.69, 9.17) is 9.47 Å². The molecule has 0 aromatic carbocycles. The lowest BCUT2D eigenvalue weighted by atomic mass is 9.73. The van der Waals surface area contributed by atoms with Crippen molar-refractivity contribution in [3.05, 3.63) is 21.7 Å². The second kappa shape index (κ2) is 18.4. The number of cyclic esters (lactones) is 1. The lowest BCUT2D eigenvalue weighted by Crippen LogP contribution is -2.47. The maximum atomic E-state index is 13.4. The standard InChI is InChI=1S/C35H55N3O8S4/c1-19-12-11-13-35(8)27(46-35)15-25(45-29(40)16-26(39)34(6,7)31(42)21(3)30(19)41)20(2)14-24-18-48-28(37-24)17-36-32(43)22(4)38(9)33(44)23(5)49-50-47-10/h14,18-19,21-23,25-27,30,39,41H,11-13,15-17H2,1-10H3,(H,36,43). The molecule has 282 valence electrons. The van der Waals surface area contributed by atoms with Crippen molar-refractivity contribution in [3.63, 3.8) is 0 Å². The van der Waals surface area contributed by atoms with E-state index in [1.54, 1.807) is 45.5 Å². The summed E-state index contributed by atoms with van der Waals surface area (Å²) in [7, 11) is 6.19. The van der Waals surface area contributed by atoms with Crippen LogP contribution in [0.5, 0.6) is 0 Å². The zero-order valence-electron chi connectivity index (χ0n) is 30.9. The Morgan fingerprint density at radius 3 is 2.56 bits per heavy atom. The van der Waals surface area contributed by atoms with E-state index < -0.39 is 41.7 Å². The molecular weight excluding hydrogens is 719 g/mol. The van der Waals surface area contributed by atoms with Gasteiger partial charge in [-0.3, -0.25) is 19.2 Å². The number of amides is 2. The smallest absolute Gasteiger partial charge is 0.309 e. The van der Waals surface area contributed by atoms with Crippen LogP contribution in [0, 0.1) is 17.3 Å². The first-order valence-corrected chi connectivity index (χ1v) is 22.0. The number of hydrogen-bond donors (Lipinski definition) is 3. The number of esters is 1. The fourth-order valence-electron chi connectivity index (χ4n) is 6.20. The minimum Gasteiger partial charge on any atom is -0.458 e. The van der Waals surface area contributed by atoms with Crippen molar-refractivity contribution in [1.82, 2.24) is 15.2 Å². The number of aromatic nitrogens is 1. The molecule has 2 saturated heterocycles. The first-order chi connectivity index (χ1) is 23.3. The van der Waals surface area contributed by atoms with Gasteiger partial charge in [0.15, 0.2) is 0 Å². The number of aliphatic hydroxyl groups excluding tert-OH is 2. The molecular formula is C35H55N3O8S4. The molecule has 9 atom stereocenters. The van der Waals surface area contributed by atoms with Gasteiger partial charge in [0, 0.05) is 24.8 Å². The number of nitrogens with one attached hydrogen (secondary N) is 1. The number of ether oxygens (including phenoxy) is 2. The van der Waals surface area contributed by atoms with Crippen molar-refractivity contribution < 1.29 is 38.9 Å². The second-order valence-corrected chi connectivity index (χ2v) is 20.0. The minimum absolute atomic E-state index is 0.117. The van der Waals surface area contributed by atoms with Gasteiger partial charge >= 0.3 is 5.97 Å². The third-order valence-corrected chi connectivity index (χ3v) is 15.2. The Hall–Kier alpha value is -1.62. The van der Waals surface area contributed by atoms with Gasteiger partial charge in [-0.2, -0.15) is 0 Å². The molecule has 0 aliphatic carbocycles. The van der Waals surface area contributed by atoms with E-state index in [9.17, 15) is 29.4 Å². The number of epoxide rings is 1. The van der Waals surface area contributed by atoms with Crippen molar-refractivity contribution in [3.8, 4) is 0 Å². The maximum Gasteiger partial charge on any atom is 0.309 e. The number of fused-ring (bicyclic) bond motifs is 1. The van der Waals surface area contributed by atoms with Crippen molar-refractivity contribution in [2.45, 2.75) is 135 Å². The van der Waals surface area contributed by atoms with E-state index in [0.29, 0.717) is 17.1 Å². The summed E-state index contributed by atoms with van der Waals surface area (Å²) in [6.07, 6.45) is 3.17. The number of ketones is 1. The number of aliphatic hydroxyl groups is 2. The largest absolute Gasteiger partial charge is 0.458 e. The number of thiazole rings is 1. The third kappa shape index (κ3) is 11.2. The van der Waals surface area contributed by atoms with E-state index >= 15 is 0 Å². The molecule has 0 bridgehead atoms. The molecule has 2 aliphatic rings. The number of Topliss-reactive ketones (excluding diaryl/α,β-unsaturated/α-hetero) is 1. The Morgan fingerprint density at radius 2 is 1.90 bits per heavy atom. The van der Waals surface area contributed by atoms with Gasteiger partial charge in [0.25, 0.3) is 0 Å². The van der Waals surface area contributed by atoms with Crippen LogP contribution in [0.2, 0.25) is 0 Å². The predicted molar refractivity (Wildman–Crippen MR) is 203 cm³/mol. The zero-order valence-corrected chi connectivity index (χ0v) is 34.2. The number of nitrogens with zero attached hydrogens (tertiary/aromatic N) is 2. The van der Waals surface area contributed by atoms with Crippen LogP contribution in [0.4, 0.5) is 0 Å². The Balaban J connectivity index is 1.71. The Morgan fingerprint density at radius 1 is 1.22 bits per heavy atom. The SMILES string of the molecule is CSSSC(C)C(=O)N(C)C(C)C(=O)NCc1nc(C=C(C)C2CC3OC3(C)CCCC(C)C(O)C(C)C(=O)C(C)(C)C(O)CC(=O)O2)cs1. The van der Waals surface area contributed by atoms with Crippen molar-refractivity contribution in [1.29, 1.82) is 0 Å². The molecule has 2 aliphatic heterocycles. The summed E-state index contributed by atoms with van der Waals surface area (Å²) in [5.74, 6) is -2.16. The minimum atomic E-state index is -1.30. The Kier molecular flexibility index (Phi) is 15.8. The van der Waals surface area contributed by atoms with E-state index in [2.05, 4.69) is 10.3 Å². The Bertz CT molecular complexity index is 1390. The summed E-state index contributed by atoms with van der Waals surface area (Å²) < 4.78 is 12.1. The van der Waals surface area contributed by atoms with Crippen LogP contribution in [0.25, 0.3) is 6.08 Å². The number of hydrogen-bond acceptors (Lipinski definition) is 13. The third-order valence-electron chi connectivity index (χ3n) is 10.2. The van der Waals surface area contributed by atoms with Gasteiger partial charge in [-0.15, -0.1) is 11.3 Å². The molecule has 2 amide bonds. The molecule has 15 heteroatoms. The van der Waals surface area contributed by atoms with Crippen LogP contribution in [0.3, 0.4) is 0 Å². The highest BCUT2D eigenvalue weighted by Crippen LogP contribution is 2.45. The van der Waals surface area contributed by atoms with E-state index in [0.717, 1.165) is 24.8 Å². The van der Waals surface area contributed by atoms with Crippen molar-refractivity contribution in [2.24, 2.45) is 17.3 Å². The summed E-state index contributed by atoms with van der Waals surface area (Å²) in [5, 5.41) is 27.1. The summed E-state index contributed by atoms with van der Waals surface area (Å²) in [5.41, 5.74) is -0.268. The molecule has 3 N–H and O–H groups in total. The maximum absolute atomic E-state index is 13.4. The first-order valence-electron chi connectivity index (χ1n) is 17.1. The van der Waals surface area contributed by atoms with Crippen LogP contribution in [0.15, 0.2) is 11.0 Å². The topological polar surface area (TPSA) is 159 Å². The van der Waals surface area contributed by atoms with Crippen LogP contribution in [-0.4, -0.2) is 98.3 Å². The van der Waals surface area contributed by atoms with Crippen molar-refractivity contribution >= 4 is 72.4 Å². The first kappa shape index (κ1) is 42.8. The molecule has 3 heterocycles. The van der Waals surface area contributed by atoms with Crippen LogP contribution in [0.1, 0.15) is 98.2 Å². The summed E-state index contributed by atoms with van der Waals surface area (Å²) in [6.45, 7) is 14.4. The predicted octanol–water partition coefficient (Wildman–Crippen LogP) is 5.68. The van der Waals surface area contributed by atoms with E-state index in [1.807, 2.05) is 45.4 Å². The molecule has 0 saturated carbocycles. The second-order valence-electron chi connectivity index (χ2n) is 14.5. The van der Waals surface area contributed by atoms with E-state index in [-0.39, 0.29) is 53.4 Å². The zero-order chi connectivity index (χ0) is 37.6. The molecule has 11 nitrogen and oxygen atoms in total. The quantitative estimate of drug-likeness (QED) is 0.152. The number of carbonyl (C=O) groups is 4. The lowest BCUT2D eigenvalue weighted by molar-refractivity contribution is -0.154. The van der Waals surface area contributed by atoms with Gasteiger partial charge < -0.3 is 29.9 Å². The van der Waals surface area contributed by atoms with Gasteiger partial charge in [0.05, 0.1) is 53.2 Å². The molecule has 50 heavy (non-hydrogen) atoms. The average Bonchev–Trinajstić information content (AvgIpc) is 3.48. The molecule has 0 radical (unpaired) electrons. The summed E-state index contributed by atoms with van der Waals surface area (Å²) >= 11 is 1.38. The molecule has 3 rings (SSSR count). The van der Waals surface area contributed by atoms with Gasteiger partial charge in [-0.05, 0) is 74.2 Å². The van der Waals surface area contributed by atoms with Gasteiger partial charge in [-0.25, -0.2) is 4.98 Å². The molecule has 0 spiro atoms. The highest BCUT2D eigenvalue weighted by atomic mass is 33.5. The number of carbonyl (C=O) groups excluding carboxylic acids is 4. The summed E-state index contributed by atoms with van der Waals surface area (Å²) in [4.78, 5) is 58.4. The highest BCUT2D eigenvalue weighted by molar-refractivity contribution is 9.09. The van der Waals surface area contributed by atoms with Gasteiger partial charge in [0.1, 0.15) is 22.9 Å². The number of rotatable bonds is 10. The van der Waals surface area contributed by atoms with Crippen LogP contribution >= 0.6 is 42.8 Å². The molecule has 9 unspecified atom stereocenters. The van der Waals surface area contributed by atoms with Gasteiger partial charge in [0.2, 0.25) is 11.8 Å². The number of likely N-dealkylation sites (N-methyl/N-ethyl adjacent to an activating group) is 1. The monoisotopic (exact) mass is 773 g/mol. The van der Waals surface area contributed by atoms with Gasteiger partial charge in [-0.1, -0.05) is 55.7 Å². The fourth-order valence-corrected chi connectivity index (χ4v) is 9.94. The fraction of sp³-hybridized carbons (Fsp3) is 0.743. The highest BCUT2D eigenvalue weighted by Gasteiger charge is 2.53. The van der Waals surface area contributed by atoms with Crippen LogP contribution in [-0.2, 0) is 35.2 Å². The average molecular weight is 774 g/mol.